The van der Waals surface area contributed by atoms with Gasteiger partial charge in [0.05, 0.1) is 12.0 Å². The molecule has 3 N–H and O–H groups in total. The number of hydrogen-bond acceptors (Lipinski definition) is 6. The van der Waals surface area contributed by atoms with E-state index in [1.807, 2.05) is 0 Å². The summed E-state index contributed by atoms with van der Waals surface area (Å²) in [6.45, 7) is 3.14. The van der Waals surface area contributed by atoms with Crippen LogP contribution in [0.3, 0.4) is 0 Å². The van der Waals surface area contributed by atoms with Crippen LogP contribution in [0.1, 0.15) is 31.0 Å². The highest BCUT2D eigenvalue weighted by Gasteiger charge is 2.28. The number of ketones is 1. The van der Waals surface area contributed by atoms with Crippen molar-refractivity contribution < 1.29 is 23.4 Å². The third-order valence-electron chi connectivity index (χ3n) is 4.67. The van der Waals surface area contributed by atoms with Gasteiger partial charge in [-0.15, -0.1) is 0 Å². The van der Waals surface area contributed by atoms with Gasteiger partial charge in [-0.05, 0) is 25.8 Å². The van der Waals surface area contributed by atoms with Gasteiger partial charge < -0.3 is 32.8 Å². The fourth-order valence-electron chi connectivity index (χ4n) is 3.40. The number of carbonyl (C=O) groups excluding carboxylic acids is 1. The van der Waals surface area contributed by atoms with Crippen molar-refractivity contribution in [3.63, 3.8) is 0 Å². The van der Waals surface area contributed by atoms with Gasteiger partial charge in [-0.25, -0.2) is 9.97 Å². The van der Waals surface area contributed by atoms with Crippen molar-refractivity contribution in [1.82, 2.24) is 20.3 Å². The van der Waals surface area contributed by atoms with Gasteiger partial charge in [0.2, 0.25) is 0 Å². The second kappa shape index (κ2) is 7.46. The van der Waals surface area contributed by atoms with Crippen LogP contribution in [0.5, 0.6) is 0 Å². The fourth-order valence-corrected chi connectivity index (χ4v) is 3.40. The number of piperidine rings is 1. The maximum absolute atomic E-state index is 12.8. The molecule has 2 atom stereocenters. The van der Waals surface area contributed by atoms with Crippen LogP contribution >= 0.6 is 0 Å². The minimum absolute atomic E-state index is 0. The van der Waals surface area contributed by atoms with Crippen LogP contribution in [0, 0.1) is 5.92 Å². The molecule has 4 rings (SSSR count). The fraction of sp³-hybridized carbons (Fsp3) is 0.562. The Kier molecular flexibility index (Phi) is 5.33. The number of nitrogens with one attached hydrogen (secondary N) is 3. The largest absolute Gasteiger partial charge is 1.00 e. The lowest BCUT2D eigenvalue weighted by molar-refractivity contribution is -0.0000140. The van der Waals surface area contributed by atoms with E-state index < -0.39 is 0 Å². The van der Waals surface area contributed by atoms with E-state index in [-0.39, 0.29) is 25.5 Å². The maximum atomic E-state index is 12.8. The first kappa shape index (κ1) is 17.1. The van der Waals surface area contributed by atoms with E-state index in [9.17, 15) is 4.79 Å². The molecule has 2 fully saturated rings. The molecule has 2 aromatic rings. The highest BCUT2D eigenvalue weighted by Crippen LogP contribution is 2.28. The van der Waals surface area contributed by atoms with Gasteiger partial charge in [0, 0.05) is 36.9 Å². The minimum atomic E-state index is -0.0570. The number of aromatic nitrogens is 3. The molecule has 0 saturated carbocycles. The Morgan fingerprint density at radius 2 is 2.29 bits per heavy atom. The van der Waals surface area contributed by atoms with E-state index >= 15 is 0 Å². The number of carbonyl (C=O) groups is 1. The lowest BCUT2D eigenvalue weighted by atomic mass is 9.97. The van der Waals surface area contributed by atoms with Gasteiger partial charge in [-0.3, -0.25) is 4.79 Å². The van der Waals surface area contributed by atoms with Crippen molar-refractivity contribution in [3.05, 3.63) is 18.1 Å². The monoisotopic (exact) mass is 351 g/mol. The average Bonchev–Trinajstić information content (AvgIpc) is 3.26. The molecule has 2 aromatic heterocycles. The maximum Gasteiger partial charge on any atom is 1.00 e. The number of Topliss-reactive ketones (excluding diaryl/α,β-unsaturated/α-hetero) is 1. The molecule has 0 aromatic carbocycles. The number of nitrogens with zero attached hydrogens (tertiary/aromatic N) is 2. The van der Waals surface area contributed by atoms with E-state index in [0.29, 0.717) is 30.5 Å². The molecule has 130 valence electrons. The number of fused-ring (bicyclic) bond motifs is 1. The van der Waals surface area contributed by atoms with E-state index in [1.54, 1.807) is 6.20 Å². The first-order chi connectivity index (χ1) is 11.3. The molecule has 2 aliphatic rings. The SMILES string of the molecule is O=C(c1c[nH]c2ncnc(N[C@@H]3CCCNC3)c12)C1CCOC1.[Cl-].[H+]. The van der Waals surface area contributed by atoms with Crippen molar-refractivity contribution in [2.24, 2.45) is 5.92 Å². The highest BCUT2D eigenvalue weighted by molar-refractivity contribution is 6.11. The standard InChI is InChI=1S/C16H21N5O2.ClH/c22-14(10-3-5-23-8-10)12-7-18-15-13(12)16(20-9-19-15)21-11-2-1-4-17-6-11;/h7,9-11,17H,1-6,8H2,(H2,18,19,20,21);1H/t10?,11-;/m1./s1. The van der Waals surface area contributed by atoms with Crippen LogP contribution in [0.15, 0.2) is 12.5 Å². The summed E-state index contributed by atoms with van der Waals surface area (Å²) >= 11 is 0. The Morgan fingerprint density at radius 1 is 1.38 bits per heavy atom. The smallest absolute Gasteiger partial charge is 1.00 e. The van der Waals surface area contributed by atoms with Gasteiger partial charge in [0.1, 0.15) is 17.8 Å². The average molecular weight is 352 g/mol. The number of hydrogen-bond donors (Lipinski definition) is 3. The van der Waals surface area contributed by atoms with Crippen LogP contribution in [-0.4, -0.2) is 53.1 Å². The number of H-pyrrole nitrogens is 1. The van der Waals surface area contributed by atoms with Gasteiger partial charge in [0.25, 0.3) is 0 Å². The predicted octanol–water partition coefficient (Wildman–Crippen LogP) is -1.54. The van der Waals surface area contributed by atoms with E-state index in [1.165, 1.54) is 6.33 Å². The molecule has 1 unspecified atom stereocenters. The summed E-state index contributed by atoms with van der Waals surface area (Å²) in [7, 11) is 0. The summed E-state index contributed by atoms with van der Waals surface area (Å²) in [5.41, 5.74) is 1.37. The molecular weight excluding hydrogens is 330 g/mol. The minimum Gasteiger partial charge on any atom is -1.00 e. The van der Waals surface area contributed by atoms with E-state index in [2.05, 4.69) is 25.6 Å². The molecule has 0 radical (unpaired) electrons. The number of anilines is 1. The Labute approximate surface area is 147 Å². The van der Waals surface area contributed by atoms with Crippen LogP contribution in [0.4, 0.5) is 5.82 Å². The molecule has 0 bridgehead atoms. The Morgan fingerprint density at radius 3 is 3.04 bits per heavy atom. The number of ether oxygens (including phenoxy) is 1. The van der Waals surface area contributed by atoms with Crippen molar-refractivity contribution in [3.8, 4) is 0 Å². The summed E-state index contributed by atoms with van der Waals surface area (Å²) in [4.78, 5) is 24.5. The molecule has 24 heavy (non-hydrogen) atoms. The first-order valence-electron chi connectivity index (χ1n) is 8.24. The van der Waals surface area contributed by atoms with Gasteiger partial charge >= 0.3 is 1.43 Å². The third-order valence-corrected chi connectivity index (χ3v) is 4.67. The zero-order valence-electron chi connectivity index (χ0n) is 14.3. The van der Waals surface area contributed by atoms with E-state index in [0.717, 1.165) is 43.6 Å². The third kappa shape index (κ3) is 3.24. The van der Waals surface area contributed by atoms with Gasteiger partial charge in [0.15, 0.2) is 5.78 Å². The quantitative estimate of drug-likeness (QED) is 0.578. The Bertz CT molecular complexity index is 714. The second-order valence-electron chi connectivity index (χ2n) is 6.26. The highest BCUT2D eigenvalue weighted by atomic mass is 35.5. The zero-order chi connectivity index (χ0) is 15.6. The molecule has 2 aliphatic heterocycles. The second-order valence-corrected chi connectivity index (χ2v) is 6.26. The summed E-state index contributed by atoms with van der Waals surface area (Å²) in [5.74, 6) is 0.805. The van der Waals surface area contributed by atoms with Crippen molar-refractivity contribution in [2.45, 2.75) is 25.3 Å². The topological polar surface area (TPSA) is 91.9 Å². The summed E-state index contributed by atoms with van der Waals surface area (Å²) in [5, 5.41) is 7.66. The predicted molar refractivity (Wildman–Crippen MR) is 87.8 cm³/mol. The van der Waals surface area contributed by atoms with Gasteiger partial charge in [-0.2, -0.15) is 0 Å². The van der Waals surface area contributed by atoms with Crippen LogP contribution in [0.25, 0.3) is 11.0 Å². The molecule has 8 heteroatoms. The normalized spacial score (nSPS) is 23.8. The van der Waals surface area contributed by atoms with Gasteiger partial charge in [-0.1, -0.05) is 0 Å². The van der Waals surface area contributed by atoms with Crippen LogP contribution in [-0.2, 0) is 4.74 Å². The van der Waals surface area contributed by atoms with E-state index in [4.69, 9.17) is 4.74 Å². The molecule has 7 nitrogen and oxygen atoms in total. The lowest BCUT2D eigenvalue weighted by Gasteiger charge is -2.24. The zero-order valence-corrected chi connectivity index (χ0v) is 14.1. The number of halogens is 1. The molecule has 0 spiro atoms. The lowest BCUT2D eigenvalue weighted by Crippen LogP contribution is -3.00. The molecule has 2 saturated heterocycles. The Balaban J connectivity index is 0.00000113. The first-order valence-corrected chi connectivity index (χ1v) is 8.24. The van der Waals surface area contributed by atoms with Crippen molar-refractivity contribution in [1.29, 1.82) is 0 Å². The Hall–Kier alpha value is -1.70. The molecule has 0 aliphatic carbocycles. The molecule has 0 amide bonds. The summed E-state index contributed by atoms with van der Waals surface area (Å²) in [6.07, 6.45) is 6.32. The number of aromatic amines is 1. The summed E-state index contributed by atoms with van der Waals surface area (Å²) in [6, 6.07) is 0.328. The molecule has 4 heterocycles. The van der Waals surface area contributed by atoms with Crippen LogP contribution < -0.4 is 23.0 Å². The van der Waals surface area contributed by atoms with Crippen molar-refractivity contribution >= 4 is 22.6 Å². The number of rotatable bonds is 4. The van der Waals surface area contributed by atoms with Crippen molar-refractivity contribution in [2.75, 3.05) is 31.6 Å². The summed E-state index contributed by atoms with van der Waals surface area (Å²) < 4.78 is 5.35. The van der Waals surface area contributed by atoms with Crippen LogP contribution in [0.2, 0.25) is 0 Å². The molecular formula is C16H22ClN5O2.